The number of allylic oxidation sites excluding steroid dienone is 1. The van der Waals surface area contributed by atoms with Crippen LogP contribution >= 0.6 is 0 Å². The first kappa shape index (κ1) is 34.7. The van der Waals surface area contributed by atoms with Crippen molar-refractivity contribution in [1.29, 1.82) is 0 Å². The van der Waals surface area contributed by atoms with E-state index in [2.05, 4.69) is 103 Å². The molecule has 0 aromatic heterocycles. The zero-order valence-corrected chi connectivity index (χ0v) is 30.0. The van der Waals surface area contributed by atoms with Gasteiger partial charge >= 0.3 is 0 Å². The third-order valence-corrected chi connectivity index (χ3v) is 9.94. The summed E-state index contributed by atoms with van der Waals surface area (Å²) in [6.07, 6.45) is 3.74. The van der Waals surface area contributed by atoms with E-state index in [0.29, 0.717) is 16.5 Å². The predicted molar refractivity (Wildman–Crippen MR) is 220 cm³/mol. The van der Waals surface area contributed by atoms with Crippen molar-refractivity contribution in [2.75, 3.05) is 0 Å². The fourth-order valence-corrected chi connectivity index (χ4v) is 7.51. The van der Waals surface area contributed by atoms with Gasteiger partial charge in [-0.3, -0.25) is 0 Å². The zero-order chi connectivity index (χ0) is 37.4. The number of benzene rings is 8. The molecular weight excluding hydrogens is 657 g/mol. The molecule has 262 valence electrons. The molecule has 5 nitrogen and oxygen atoms in total. The first-order chi connectivity index (χ1) is 25.8. The Morgan fingerprint density at radius 2 is 0.868 bits per heavy atom. The van der Waals surface area contributed by atoms with Crippen LogP contribution in [0.5, 0.6) is 28.7 Å². The van der Waals surface area contributed by atoms with Crippen molar-refractivity contribution in [3.05, 3.63) is 145 Å². The summed E-state index contributed by atoms with van der Waals surface area (Å²) in [5.74, 6) is -4.27. The maximum atomic E-state index is 11.0. The molecule has 0 fully saturated rings. The number of hydrogen-bond donors (Lipinski definition) is 5. The first-order valence-electron chi connectivity index (χ1n) is 17.8. The Labute approximate surface area is 308 Å². The molecule has 8 rings (SSSR count). The van der Waals surface area contributed by atoms with Gasteiger partial charge in [-0.05, 0) is 96.7 Å². The molecule has 0 saturated heterocycles. The molecule has 53 heavy (non-hydrogen) atoms. The van der Waals surface area contributed by atoms with Crippen LogP contribution in [0.1, 0.15) is 31.9 Å². The smallest absolute Gasteiger partial charge is 0.208 e. The minimum Gasteiger partial charge on any atom is -0.504 e. The van der Waals surface area contributed by atoms with Gasteiger partial charge in [0.1, 0.15) is 0 Å². The van der Waals surface area contributed by atoms with E-state index in [9.17, 15) is 25.5 Å². The quantitative estimate of drug-likeness (QED) is 0.0911. The van der Waals surface area contributed by atoms with E-state index in [1.165, 1.54) is 16.3 Å². The topological polar surface area (TPSA) is 101 Å². The van der Waals surface area contributed by atoms with E-state index in [4.69, 9.17) is 0 Å². The van der Waals surface area contributed by atoms with Gasteiger partial charge in [0, 0.05) is 5.56 Å². The maximum Gasteiger partial charge on any atom is 0.208 e. The van der Waals surface area contributed by atoms with Crippen LogP contribution in [0.25, 0.3) is 82.9 Å². The van der Waals surface area contributed by atoms with Gasteiger partial charge in [-0.15, -0.1) is 0 Å². The van der Waals surface area contributed by atoms with Crippen LogP contribution in [0.15, 0.2) is 133 Å². The lowest BCUT2D eigenvalue weighted by molar-refractivity contribution is 0.330. The standard InChI is InChI=1S/C46H34O5.C2H6/c1-3-10-32-26(2)39(36-15-6-7-16-37(36)40(32)41-42(47)44(49)46(51)45(50)43(41)48)31-24-23-28-13-9-18-35(38(28)25-31)30-21-19-29(20-22-30)34-17-8-12-27-11-4-5-14-33(27)34;1-2/h3-25,47-51H,1-2H3;1-2H3/b10-3-;. The monoisotopic (exact) mass is 696 g/mol. The average Bonchev–Trinajstić information content (AvgIpc) is 3.20. The molecule has 0 aliphatic rings. The lowest BCUT2D eigenvalue weighted by Crippen LogP contribution is -1.97. The highest BCUT2D eigenvalue weighted by molar-refractivity contribution is 6.13. The molecule has 0 spiro atoms. The van der Waals surface area contributed by atoms with Gasteiger partial charge in [-0.1, -0.05) is 147 Å². The number of hydrogen-bond acceptors (Lipinski definition) is 5. The Balaban J connectivity index is 0.00000214. The lowest BCUT2D eigenvalue weighted by atomic mass is 9.82. The third kappa shape index (κ3) is 5.77. The van der Waals surface area contributed by atoms with Gasteiger partial charge < -0.3 is 25.5 Å². The van der Waals surface area contributed by atoms with Crippen LogP contribution in [0.3, 0.4) is 0 Å². The molecule has 0 heterocycles. The van der Waals surface area contributed by atoms with Crippen LogP contribution < -0.4 is 0 Å². The molecule has 0 aliphatic carbocycles. The minimum atomic E-state index is -0.992. The van der Waals surface area contributed by atoms with E-state index in [1.807, 2.05) is 64.1 Å². The SMILES string of the molecule is C/C=C\c1c(C)c(-c2ccc3cccc(-c4ccc(-c5cccc6ccccc56)cc4)c3c2)c2ccccc2c1-c1c(O)c(O)c(O)c(O)c1O.CC. The highest BCUT2D eigenvalue weighted by Gasteiger charge is 2.28. The summed E-state index contributed by atoms with van der Waals surface area (Å²) >= 11 is 0. The maximum absolute atomic E-state index is 11.0. The Kier molecular flexibility index (Phi) is 9.25. The fourth-order valence-electron chi connectivity index (χ4n) is 7.51. The van der Waals surface area contributed by atoms with Gasteiger partial charge in [0.05, 0.1) is 5.56 Å². The number of phenols is 5. The molecule has 8 aromatic carbocycles. The molecule has 0 bridgehead atoms. The molecule has 0 atom stereocenters. The molecular formula is C48H40O5. The average molecular weight is 697 g/mol. The number of rotatable bonds is 5. The molecule has 0 unspecified atom stereocenters. The van der Waals surface area contributed by atoms with Gasteiger partial charge in [0.2, 0.25) is 17.2 Å². The summed E-state index contributed by atoms with van der Waals surface area (Å²) in [5, 5.41) is 59.4. The second-order valence-corrected chi connectivity index (χ2v) is 12.8. The summed E-state index contributed by atoms with van der Waals surface area (Å²) in [4.78, 5) is 0. The van der Waals surface area contributed by atoms with Crippen molar-refractivity contribution in [3.63, 3.8) is 0 Å². The van der Waals surface area contributed by atoms with Crippen LogP contribution in [-0.2, 0) is 0 Å². The van der Waals surface area contributed by atoms with Crippen molar-refractivity contribution in [3.8, 4) is 73.3 Å². The van der Waals surface area contributed by atoms with E-state index >= 15 is 0 Å². The highest BCUT2D eigenvalue weighted by Crippen LogP contribution is 2.57. The molecule has 0 radical (unpaired) electrons. The Morgan fingerprint density at radius 1 is 0.415 bits per heavy atom. The van der Waals surface area contributed by atoms with Crippen molar-refractivity contribution >= 4 is 38.4 Å². The highest BCUT2D eigenvalue weighted by atomic mass is 16.4. The van der Waals surface area contributed by atoms with E-state index < -0.39 is 28.7 Å². The molecule has 0 aliphatic heterocycles. The van der Waals surface area contributed by atoms with Gasteiger partial charge in [-0.2, -0.15) is 0 Å². The zero-order valence-electron chi connectivity index (χ0n) is 30.0. The summed E-state index contributed by atoms with van der Waals surface area (Å²) < 4.78 is 0. The molecule has 8 aromatic rings. The Bertz CT molecular complexity index is 2670. The normalized spacial score (nSPS) is 11.3. The first-order valence-corrected chi connectivity index (χ1v) is 17.8. The number of phenolic OH excluding ortho intramolecular Hbond substituents is 5. The van der Waals surface area contributed by atoms with E-state index in [0.717, 1.165) is 49.5 Å². The molecule has 0 saturated carbocycles. The number of aromatic hydroxyl groups is 5. The summed E-state index contributed by atoms with van der Waals surface area (Å²) in [7, 11) is 0. The van der Waals surface area contributed by atoms with Crippen LogP contribution in [0.4, 0.5) is 0 Å². The van der Waals surface area contributed by atoms with E-state index in [-0.39, 0.29) is 5.56 Å². The van der Waals surface area contributed by atoms with E-state index in [1.54, 1.807) is 0 Å². The Morgan fingerprint density at radius 3 is 1.45 bits per heavy atom. The van der Waals surface area contributed by atoms with Crippen LogP contribution in [0, 0.1) is 6.92 Å². The fraction of sp³-hybridized carbons (Fsp3) is 0.0833. The van der Waals surface area contributed by atoms with Crippen molar-refractivity contribution in [1.82, 2.24) is 0 Å². The third-order valence-electron chi connectivity index (χ3n) is 9.94. The molecule has 5 N–H and O–H groups in total. The second-order valence-electron chi connectivity index (χ2n) is 12.8. The molecule has 0 amide bonds. The largest absolute Gasteiger partial charge is 0.504 e. The summed E-state index contributed by atoms with van der Waals surface area (Å²) in [5.41, 5.74) is 8.30. The molecule has 5 heteroatoms. The van der Waals surface area contributed by atoms with Crippen LogP contribution in [-0.4, -0.2) is 25.5 Å². The van der Waals surface area contributed by atoms with Crippen molar-refractivity contribution in [2.45, 2.75) is 27.7 Å². The lowest BCUT2D eigenvalue weighted by Gasteiger charge is -2.22. The van der Waals surface area contributed by atoms with Gasteiger partial charge in [0.25, 0.3) is 0 Å². The summed E-state index contributed by atoms with van der Waals surface area (Å²) in [6.45, 7) is 7.86. The van der Waals surface area contributed by atoms with Gasteiger partial charge in [0.15, 0.2) is 11.5 Å². The predicted octanol–water partition coefficient (Wildman–Crippen LogP) is 12.7. The van der Waals surface area contributed by atoms with Crippen molar-refractivity contribution < 1.29 is 25.5 Å². The minimum absolute atomic E-state index is 0.172. The van der Waals surface area contributed by atoms with Crippen molar-refractivity contribution in [2.24, 2.45) is 0 Å². The van der Waals surface area contributed by atoms with Gasteiger partial charge in [-0.25, -0.2) is 0 Å². The summed E-state index contributed by atoms with van der Waals surface area (Å²) in [6, 6.07) is 44.0. The number of fused-ring (bicyclic) bond motifs is 3. The van der Waals surface area contributed by atoms with Crippen LogP contribution in [0.2, 0.25) is 0 Å². The second kappa shape index (κ2) is 14.1. The Hall–Kier alpha value is -6.72.